The lowest BCUT2D eigenvalue weighted by molar-refractivity contribution is -0.117. The maximum Gasteiger partial charge on any atom is 0.319 e. The van der Waals surface area contributed by atoms with E-state index < -0.39 is 11.8 Å². The fourth-order valence-corrected chi connectivity index (χ4v) is 2.75. The lowest BCUT2D eigenvalue weighted by atomic mass is 10.2. The average molecular weight is 343 g/mol. The van der Waals surface area contributed by atoms with E-state index in [0.29, 0.717) is 23.7 Å². The number of hydrogen-bond acceptors (Lipinski definition) is 3. The minimum atomic E-state index is -0.410. The molecule has 1 aliphatic rings. The summed E-state index contributed by atoms with van der Waals surface area (Å²) < 4.78 is 18.4. The lowest BCUT2D eigenvalue weighted by Crippen LogP contribution is -2.39. The Labute approximate surface area is 144 Å². The van der Waals surface area contributed by atoms with Crippen LogP contribution in [0.4, 0.5) is 20.6 Å². The summed E-state index contributed by atoms with van der Waals surface area (Å²) in [5.41, 5.74) is 1.07. The molecule has 130 valence electrons. The molecule has 0 saturated carbocycles. The monoisotopic (exact) mass is 343 g/mol. The number of amides is 3. The van der Waals surface area contributed by atoms with E-state index >= 15 is 0 Å². The summed E-state index contributed by atoms with van der Waals surface area (Å²) in [5, 5.41) is 5.46. The highest BCUT2D eigenvalue weighted by atomic mass is 19.1. The molecule has 0 bridgehead atoms. The fourth-order valence-electron chi connectivity index (χ4n) is 2.75. The second-order valence-electron chi connectivity index (χ2n) is 5.72. The number of halogens is 1. The van der Waals surface area contributed by atoms with Gasteiger partial charge < -0.3 is 20.3 Å². The largest absolute Gasteiger partial charge is 0.497 e. The first-order valence-electron chi connectivity index (χ1n) is 7.82. The quantitative estimate of drug-likeness (QED) is 0.897. The molecule has 7 heteroatoms. The van der Waals surface area contributed by atoms with Gasteiger partial charge in [0.2, 0.25) is 5.91 Å². The van der Waals surface area contributed by atoms with Gasteiger partial charge in [0.15, 0.2) is 0 Å². The number of anilines is 2. The van der Waals surface area contributed by atoms with Gasteiger partial charge >= 0.3 is 6.03 Å². The topological polar surface area (TPSA) is 70.7 Å². The number of urea groups is 1. The number of carbonyl (C=O) groups excluding carboxylic acids is 2. The van der Waals surface area contributed by atoms with Crippen LogP contribution in [-0.2, 0) is 4.79 Å². The normalized spacial score (nSPS) is 16.6. The summed E-state index contributed by atoms with van der Waals surface area (Å²) in [5.74, 6) is 0.0703. The number of nitrogens with one attached hydrogen (secondary N) is 2. The van der Waals surface area contributed by atoms with Crippen molar-refractivity contribution in [3.8, 4) is 5.75 Å². The first-order valence-corrected chi connectivity index (χ1v) is 7.82. The van der Waals surface area contributed by atoms with Crippen molar-refractivity contribution in [2.75, 3.05) is 23.9 Å². The number of rotatable bonds is 4. The number of hydrogen-bond donors (Lipinski definition) is 2. The van der Waals surface area contributed by atoms with Crippen LogP contribution in [0.15, 0.2) is 48.5 Å². The summed E-state index contributed by atoms with van der Waals surface area (Å²) in [6, 6.07) is 12.0. The van der Waals surface area contributed by atoms with Gasteiger partial charge in [0, 0.05) is 30.4 Å². The standard InChI is InChI=1S/C18H18FN3O3/c1-25-16-7-3-5-13(9-16)20-18(24)21-14-10-17(23)22(11-14)15-6-2-4-12(19)8-15/h2-9,14H,10-11H2,1H3,(H2,20,21,24)/t14-/m0/s1. The molecule has 0 aliphatic carbocycles. The molecule has 1 heterocycles. The van der Waals surface area contributed by atoms with Crippen molar-refractivity contribution in [3.63, 3.8) is 0 Å². The molecule has 1 saturated heterocycles. The van der Waals surface area contributed by atoms with Gasteiger partial charge in [-0.25, -0.2) is 9.18 Å². The molecule has 25 heavy (non-hydrogen) atoms. The average Bonchev–Trinajstić information content (AvgIpc) is 2.95. The number of methoxy groups -OCH3 is 1. The molecule has 1 fully saturated rings. The minimum Gasteiger partial charge on any atom is -0.497 e. The Balaban J connectivity index is 1.60. The minimum absolute atomic E-state index is 0.155. The van der Waals surface area contributed by atoms with E-state index in [1.165, 1.54) is 17.0 Å². The zero-order chi connectivity index (χ0) is 17.8. The van der Waals surface area contributed by atoms with Crippen LogP contribution in [0.2, 0.25) is 0 Å². The van der Waals surface area contributed by atoms with Gasteiger partial charge in [0.05, 0.1) is 13.2 Å². The van der Waals surface area contributed by atoms with Crippen LogP contribution in [0, 0.1) is 5.82 Å². The summed E-state index contributed by atoms with van der Waals surface area (Å²) in [4.78, 5) is 25.7. The van der Waals surface area contributed by atoms with Crippen molar-refractivity contribution in [2.24, 2.45) is 0 Å². The molecule has 1 atom stereocenters. The van der Waals surface area contributed by atoms with Gasteiger partial charge in [-0.15, -0.1) is 0 Å². The Hall–Kier alpha value is -3.09. The summed E-state index contributed by atoms with van der Waals surface area (Å²) >= 11 is 0. The van der Waals surface area contributed by atoms with Crippen molar-refractivity contribution in [2.45, 2.75) is 12.5 Å². The highest BCUT2D eigenvalue weighted by molar-refractivity contribution is 5.97. The van der Waals surface area contributed by atoms with Crippen LogP contribution in [-0.4, -0.2) is 31.6 Å². The van der Waals surface area contributed by atoms with Crippen molar-refractivity contribution >= 4 is 23.3 Å². The molecule has 3 rings (SSSR count). The Morgan fingerprint density at radius 3 is 2.80 bits per heavy atom. The second-order valence-corrected chi connectivity index (χ2v) is 5.72. The highest BCUT2D eigenvalue weighted by Gasteiger charge is 2.31. The molecule has 1 aliphatic heterocycles. The molecular formula is C18H18FN3O3. The predicted molar refractivity (Wildman–Crippen MR) is 92.3 cm³/mol. The summed E-state index contributed by atoms with van der Waals surface area (Å²) in [6.07, 6.45) is 0.169. The van der Waals surface area contributed by atoms with Crippen LogP contribution >= 0.6 is 0 Å². The van der Waals surface area contributed by atoms with E-state index in [4.69, 9.17) is 4.74 Å². The first kappa shape index (κ1) is 16.8. The molecule has 6 nitrogen and oxygen atoms in total. The Kier molecular flexibility index (Phi) is 4.83. The van der Waals surface area contributed by atoms with Crippen molar-refractivity contribution in [3.05, 3.63) is 54.3 Å². The van der Waals surface area contributed by atoms with E-state index in [1.54, 1.807) is 43.5 Å². The van der Waals surface area contributed by atoms with Crippen LogP contribution in [0.25, 0.3) is 0 Å². The Morgan fingerprint density at radius 2 is 2.04 bits per heavy atom. The van der Waals surface area contributed by atoms with Gasteiger partial charge in [0.1, 0.15) is 11.6 Å². The van der Waals surface area contributed by atoms with Gasteiger partial charge in [0.25, 0.3) is 0 Å². The van der Waals surface area contributed by atoms with E-state index in [2.05, 4.69) is 10.6 Å². The number of nitrogens with zero attached hydrogens (tertiary/aromatic N) is 1. The van der Waals surface area contributed by atoms with E-state index in [1.807, 2.05) is 0 Å². The highest BCUT2D eigenvalue weighted by Crippen LogP contribution is 2.22. The van der Waals surface area contributed by atoms with E-state index in [-0.39, 0.29) is 18.4 Å². The smallest absolute Gasteiger partial charge is 0.319 e. The zero-order valence-electron chi connectivity index (χ0n) is 13.7. The van der Waals surface area contributed by atoms with Gasteiger partial charge in [-0.3, -0.25) is 4.79 Å². The third kappa shape index (κ3) is 4.06. The van der Waals surface area contributed by atoms with Crippen LogP contribution in [0.3, 0.4) is 0 Å². The summed E-state index contributed by atoms with van der Waals surface area (Å²) in [7, 11) is 1.55. The number of ether oxygens (including phenoxy) is 1. The molecule has 3 amide bonds. The molecule has 0 radical (unpaired) electrons. The van der Waals surface area contributed by atoms with Crippen molar-refractivity contribution in [1.82, 2.24) is 5.32 Å². The van der Waals surface area contributed by atoms with Gasteiger partial charge in [-0.1, -0.05) is 12.1 Å². The maximum atomic E-state index is 13.3. The third-order valence-corrected chi connectivity index (χ3v) is 3.91. The molecule has 0 spiro atoms. The molecule has 2 N–H and O–H groups in total. The summed E-state index contributed by atoms with van der Waals surface area (Å²) in [6.45, 7) is 0.299. The maximum absolute atomic E-state index is 13.3. The molecular weight excluding hydrogens is 325 g/mol. The molecule has 2 aromatic rings. The van der Waals surface area contributed by atoms with Crippen LogP contribution < -0.4 is 20.3 Å². The van der Waals surface area contributed by atoms with E-state index in [0.717, 1.165) is 0 Å². The Morgan fingerprint density at radius 1 is 1.24 bits per heavy atom. The second kappa shape index (κ2) is 7.21. The fraction of sp³-hybridized carbons (Fsp3) is 0.222. The Bertz CT molecular complexity index is 797. The predicted octanol–water partition coefficient (Wildman–Crippen LogP) is 2.76. The molecule has 0 aromatic heterocycles. The van der Waals surface area contributed by atoms with Crippen molar-refractivity contribution < 1.29 is 18.7 Å². The first-order chi connectivity index (χ1) is 12.0. The SMILES string of the molecule is COc1cccc(NC(=O)N[C@H]2CC(=O)N(c3cccc(F)c3)C2)c1. The zero-order valence-corrected chi connectivity index (χ0v) is 13.7. The molecule has 0 unspecified atom stereocenters. The third-order valence-electron chi connectivity index (χ3n) is 3.91. The van der Waals surface area contributed by atoms with Crippen molar-refractivity contribution in [1.29, 1.82) is 0 Å². The van der Waals surface area contributed by atoms with E-state index in [9.17, 15) is 14.0 Å². The van der Waals surface area contributed by atoms with Crippen LogP contribution in [0.5, 0.6) is 5.75 Å². The lowest BCUT2D eigenvalue weighted by Gasteiger charge is -2.17. The van der Waals surface area contributed by atoms with Gasteiger partial charge in [-0.05, 0) is 30.3 Å². The molecule has 2 aromatic carbocycles. The van der Waals surface area contributed by atoms with Crippen LogP contribution in [0.1, 0.15) is 6.42 Å². The number of benzene rings is 2. The van der Waals surface area contributed by atoms with Gasteiger partial charge in [-0.2, -0.15) is 0 Å². The number of carbonyl (C=O) groups is 2.